The van der Waals surface area contributed by atoms with Crippen LogP contribution in [0, 0.1) is 11.7 Å². The van der Waals surface area contributed by atoms with Crippen molar-refractivity contribution < 1.29 is 17.6 Å². The highest BCUT2D eigenvalue weighted by atomic mass is 19.4. The maximum absolute atomic E-state index is 13.3. The Morgan fingerprint density at radius 3 is 2.35 bits per heavy atom. The van der Waals surface area contributed by atoms with Gasteiger partial charge in [0.25, 0.3) is 0 Å². The summed E-state index contributed by atoms with van der Waals surface area (Å²) >= 11 is 0. The molecule has 1 fully saturated rings. The number of alkyl halides is 3. The third kappa shape index (κ3) is 2.29. The van der Waals surface area contributed by atoms with Gasteiger partial charge in [0.15, 0.2) is 0 Å². The van der Waals surface area contributed by atoms with Crippen molar-refractivity contribution in [1.82, 2.24) is 0 Å². The summed E-state index contributed by atoms with van der Waals surface area (Å²) in [6.07, 6.45) is -2.80. The first-order valence-corrected chi connectivity index (χ1v) is 5.50. The van der Waals surface area contributed by atoms with E-state index in [1.807, 2.05) is 0 Å². The Hall–Kier alpha value is -1.10. The van der Waals surface area contributed by atoms with Crippen LogP contribution in [-0.2, 0) is 6.18 Å². The third-order valence-electron chi connectivity index (χ3n) is 3.45. The molecule has 0 aliphatic heterocycles. The van der Waals surface area contributed by atoms with Crippen LogP contribution in [0.1, 0.15) is 29.9 Å². The first-order valence-electron chi connectivity index (χ1n) is 5.50. The van der Waals surface area contributed by atoms with Crippen molar-refractivity contribution in [3.05, 3.63) is 35.1 Å². The van der Waals surface area contributed by atoms with Gasteiger partial charge in [0.2, 0.25) is 0 Å². The number of rotatable bonds is 2. The van der Waals surface area contributed by atoms with Crippen LogP contribution in [0.25, 0.3) is 0 Å². The number of halogens is 4. The molecule has 0 spiro atoms. The van der Waals surface area contributed by atoms with E-state index in [9.17, 15) is 17.6 Å². The monoisotopic (exact) mass is 247 g/mol. The molecule has 2 unspecified atom stereocenters. The summed E-state index contributed by atoms with van der Waals surface area (Å²) in [4.78, 5) is 0. The SMILES string of the molecule is NCC1CCC1c1ccc(C(F)(F)F)c(F)c1. The zero-order chi connectivity index (χ0) is 12.6. The van der Waals surface area contributed by atoms with Crippen LogP contribution in [0.2, 0.25) is 0 Å². The zero-order valence-corrected chi connectivity index (χ0v) is 9.10. The van der Waals surface area contributed by atoms with E-state index in [4.69, 9.17) is 5.73 Å². The minimum absolute atomic E-state index is 0.108. The quantitative estimate of drug-likeness (QED) is 0.797. The van der Waals surface area contributed by atoms with Gasteiger partial charge in [-0.15, -0.1) is 0 Å². The predicted octanol–water partition coefficient (Wildman–Crippen LogP) is 3.30. The molecule has 1 aliphatic carbocycles. The first kappa shape index (κ1) is 12.4. The average molecular weight is 247 g/mol. The van der Waals surface area contributed by atoms with Gasteiger partial charge < -0.3 is 5.73 Å². The fourth-order valence-electron chi connectivity index (χ4n) is 2.28. The summed E-state index contributed by atoms with van der Waals surface area (Å²) in [6, 6.07) is 3.17. The molecule has 0 aromatic heterocycles. The minimum Gasteiger partial charge on any atom is -0.330 e. The molecule has 0 heterocycles. The van der Waals surface area contributed by atoms with Crippen molar-refractivity contribution in [3.63, 3.8) is 0 Å². The van der Waals surface area contributed by atoms with E-state index < -0.39 is 17.6 Å². The van der Waals surface area contributed by atoms with Crippen LogP contribution in [0.4, 0.5) is 17.6 Å². The lowest BCUT2D eigenvalue weighted by Crippen LogP contribution is -2.30. The van der Waals surface area contributed by atoms with E-state index in [1.54, 1.807) is 0 Å². The van der Waals surface area contributed by atoms with E-state index >= 15 is 0 Å². The van der Waals surface area contributed by atoms with Crippen molar-refractivity contribution in [2.45, 2.75) is 24.9 Å². The summed E-state index contributed by atoms with van der Waals surface area (Å²) < 4.78 is 50.4. The molecule has 17 heavy (non-hydrogen) atoms. The molecular formula is C12H13F4N. The molecule has 1 saturated carbocycles. The zero-order valence-electron chi connectivity index (χ0n) is 9.10. The Balaban J connectivity index is 2.25. The molecule has 2 rings (SSSR count). The average Bonchev–Trinajstić information content (AvgIpc) is 2.14. The Bertz CT molecular complexity index is 411. The van der Waals surface area contributed by atoms with E-state index in [0.29, 0.717) is 12.1 Å². The molecule has 1 aromatic rings. The largest absolute Gasteiger partial charge is 0.419 e. The Morgan fingerprint density at radius 2 is 1.94 bits per heavy atom. The number of nitrogens with two attached hydrogens (primary N) is 1. The van der Waals surface area contributed by atoms with Gasteiger partial charge in [0, 0.05) is 0 Å². The maximum atomic E-state index is 13.3. The molecule has 0 saturated heterocycles. The molecular weight excluding hydrogens is 234 g/mol. The Kier molecular flexibility index (Phi) is 3.12. The van der Waals surface area contributed by atoms with E-state index in [1.165, 1.54) is 6.07 Å². The number of hydrogen-bond acceptors (Lipinski definition) is 1. The Morgan fingerprint density at radius 1 is 1.24 bits per heavy atom. The molecule has 1 aliphatic rings. The van der Waals surface area contributed by atoms with Crippen LogP contribution in [-0.4, -0.2) is 6.54 Å². The maximum Gasteiger partial charge on any atom is 0.419 e. The number of benzene rings is 1. The van der Waals surface area contributed by atoms with Gasteiger partial charge in [-0.1, -0.05) is 6.07 Å². The fraction of sp³-hybridized carbons (Fsp3) is 0.500. The summed E-state index contributed by atoms with van der Waals surface area (Å²) in [6.45, 7) is 0.493. The topological polar surface area (TPSA) is 26.0 Å². The standard InChI is InChI=1S/C12H13F4N/c13-11-5-7(9-3-1-8(9)6-17)2-4-10(11)12(14,15)16/h2,4-5,8-9H,1,3,6,17H2. The lowest BCUT2D eigenvalue weighted by atomic mass is 9.70. The second-order valence-electron chi connectivity index (χ2n) is 4.42. The smallest absolute Gasteiger partial charge is 0.330 e. The van der Waals surface area contributed by atoms with Crippen LogP contribution in [0.15, 0.2) is 18.2 Å². The van der Waals surface area contributed by atoms with Gasteiger partial charge in [0.05, 0.1) is 5.56 Å². The van der Waals surface area contributed by atoms with Crippen molar-refractivity contribution in [2.24, 2.45) is 11.7 Å². The highest BCUT2D eigenvalue weighted by Crippen LogP contribution is 2.43. The van der Waals surface area contributed by atoms with Crippen LogP contribution in [0.5, 0.6) is 0 Å². The summed E-state index contributed by atoms with van der Waals surface area (Å²) in [5, 5.41) is 0. The predicted molar refractivity (Wildman–Crippen MR) is 55.9 cm³/mol. The highest BCUT2D eigenvalue weighted by molar-refractivity contribution is 5.30. The molecule has 0 radical (unpaired) electrons. The fourth-order valence-corrected chi connectivity index (χ4v) is 2.28. The van der Waals surface area contributed by atoms with Gasteiger partial charge in [-0.25, -0.2) is 4.39 Å². The highest BCUT2D eigenvalue weighted by Gasteiger charge is 2.36. The van der Waals surface area contributed by atoms with E-state index in [-0.39, 0.29) is 11.8 Å². The van der Waals surface area contributed by atoms with Gasteiger partial charge >= 0.3 is 6.18 Å². The molecule has 0 bridgehead atoms. The van der Waals surface area contributed by atoms with Gasteiger partial charge in [-0.2, -0.15) is 13.2 Å². The van der Waals surface area contributed by atoms with Crippen molar-refractivity contribution in [3.8, 4) is 0 Å². The molecule has 2 N–H and O–H groups in total. The lowest BCUT2D eigenvalue weighted by Gasteiger charge is -2.36. The second kappa shape index (κ2) is 4.29. The molecule has 5 heteroatoms. The second-order valence-corrected chi connectivity index (χ2v) is 4.42. The molecule has 1 aromatic carbocycles. The van der Waals surface area contributed by atoms with Crippen LogP contribution in [0.3, 0.4) is 0 Å². The van der Waals surface area contributed by atoms with Crippen molar-refractivity contribution >= 4 is 0 Å². The van der Waals surface area contributed by atoms with Crippen LogP contribution >= 0.6 is 0 Å². The molecule has 2 atom stereocenters. The van der Waals surface area contributed by atoms with Gasteiger partial charge in [-0.3, -0.25) is 0 Å². The van der Waals surface area contributed by atoms with Gasteiger partial charge in [-0.05, 0) is 48.9 Å². The van der Waals surface area contributed by atoms with E-state index in [2.05, 4.69) is 0 Å². The number of hydrogen-bond donors (Lipinski definition) is 1. The summed E-state index contributed by atoms with van der Waals surface area (Å²) in [5.74, 6) is -0.819. The molecule has 94 valence electrons. The van der Waals surface area contributed by atoms with Crippen molar-refractivity contribution in [1.29, 1.82) is 0 Å². The Labute approximate surface area is 96.6 Å². The first-order chi connectivity index (χ1) is 7.93. The van der Waals surface area contributed by atoms with Crippen molar-refractivity contribution in [2.75, 3.05) is 6.54 Å². The van der Waals surface area contributed by atoms with Crippen LogP contribution < -0.4 is 5.73 Å². The van der Waals surface area contributed by atoms with E-state index in [0.717, 1.165) is 25.0 Å². The molecule has 1 nitrogen and oxygen atoms in total. The minimum atomic E-state index is -4.63. The third-order valence-corrected chi connectivity index (χ3v) is 3.45. The summed E-state index contributed by atoms with van der Waals surface area (Å²) in [5.41, 5.74) is 4.94. The van der Waals surface area contributed by atoms with Gasteiger partial charge in [0.1, 0.15) is 5.82 Å². The molecule has 0 amide bonds. The normalized spacial score (nSPS) is 24.5. The summed E-state index contributed by atoms with van der Waals surface area (Å²) in [7, 11) is 0. The lowest BCUT2D eigenvalue weighted by molar-refractivity contribution is -0.140.